The van der Waals surface area contributed by atoms with Gasteiger partial charge in [-0.15, -0.1) is 0 Å². The number of rotatable bonds is 2. The smallest absolute Gasteiger partial charge is 0.00958 e. The first-order chi connectivity index (χ1) is 9.24. The third kappa shape index (κ3) is 3.17. The molecule has 0 amide bonds. The SMILES string of the molecule is CC1CCCC(C(N)C2CCC3CCCCC3C2)C1. The van der Waals surface area contributed by atoms with E-state index in [0.717, 1.165) is 29.6 Å². The van der Waals surface area contributed by atoms with E-state index >= 15 is 0 Å². The van der Waals surface area contributed by atoms with Crippen molar-refractivity contribution in [3.63, 3.8) is 0 Å². The maximum Gasteiger partial charge on any atom is 0.00958 e. The van der Waals surface area contributed by atoms with Gasteiger partial charge in [0.05, 0.1) is 0 Å². The van der Waals surface area contributed by atoms with Crippen LogP contribution in [0.25, 0.3) is 0 Å². The molecule has 1 nitrogen and oxygen atoms in total. The minimum absolute atomic E-state index is 0.519. The summed E-state index contributed by atoms with van der Waals surface area (Å²) in [6, 6.07) is 0.519. The highest BCUT2D eigenvalue weighted by molar-refractivity contribution is 4.90. The van der Waals surface area contributed by atoms with E-state index in [1.54, 1.807) is 0 Å². The van der Waals surface area contributed by atoms with Crippen molar-refractivity contribution in [1.29, 1.82) is 0 Å². The highest BCUT2D eigenvalue weighted by atomic mass is 14.7. The summed E-state index contributed by atoms with van der Waals surface area (Å²) in [4.78, 5) is 0. The summed E-state index contributed by atoms with van der Waals surface area (Å²) in [6.45, 7) is 2.43. The molecule has 2 N–H and O–H groups in total. The summed E-state index contributed by atoms with van der Waals surface area (Å²) >= 11 is 0. The quantitative estimate of drug-likeness (QED) is 0.764. The van der Waals surface area contributed by atoms with Crippen molar-refractivity contribution in [2.45, 2.75) is 83.6 Å². The number of hydrogen-bond donors (Lipinski definition) is 1. The summed E-state index contributed by atoms with van der Waals surface area (Å²) in [5.41, 5.74) is 6.71. The van der Waals surface area contributed by atoms with Gasteiger partial charge in [0, 0.05) is 6.04 Å². The predicted octanol–water partition coefficient (Wildman–Crippen LogP) is 4.75. The molecule has 110 valence electrons. The van der Waals surface area contributed by atoms with E-state index in [2.05, 4.69) is 6.92 Å². The molecule has 3 saturated carbocycles. The van der Waals surface area contributed by atoms with Gasteiger partial charge in [0.1, 0.15) is 0 Å². The number of hydrogen-bond acceptors (Lipinski definition) is 1. The van der Waals surface area contributed by atoms with Gasteiger partial charge in [-0.05, 0) is 61.7 Å². The van der Waals surface area contributed by atoms with Crippen LogP contribution in [0.1, 0.15) is 77.6 Å². The molecule has 0 spiro atoms. The van der Waals surface area contributed by atoms with Crippen LogP contribution in [0.5, 0.6) is 0 Å². The highest BCUT2D eigenvalue weighted by Crippen LogP contribution is 2.45. The van der Waals surface area contributed by atoms with Crippen LogP contribution in [0.3, 0.4) is 0 Å². The lowest BCUT2D eigenvalue weighted by Crippen LogP contribution is -2.43. The Morgan fingerprint density at radius 2 is 1.47 bits per heavy atom. The van der Waals surface area contributed by atoms with Gasteiger partial charge in [-0.25, -0.2) is 0 Å². The van der Waals surface area contributed by atoms with Gasteiger partial charge in [-0.1, -0.05) is 45.4 Å². The van der Waals surface area contributed by atoms with Crippen molar-refractivity contribution < 1.29 is 0 Å². The molecule has 6 atom stereocenters. The molecule has 3 aliphatic carbocycles. The largest absolute Gasteiger partial charge is 0.327 e. The van der Waals surface area contributed by atoms with Crippen LogP contribution in [-0.4, -0.2) is 6.04 Å². The summed E-state index contributed by atoms with van der Waals surface area (Å²) in [5.74, 6) is 4.74. The molecule has 3 rings (SSSR count). The molecule has 0 aliphatic heterocycles. The molecule has 3 aliphatic rings. The second-order valence-electron chi connectivity index (χ2n) is 7.99. The molecule has 0 radical (unpaired) electrons. The predicted molar refractivity (Wildman–Crippen MR) is 81.9 cm³/mol. The lowest BCUT2D eigenvalue weighted by Gasteiger charge is -2.44. The third-order valence-electron chi connectivity index (χ3n) is 6.65. The van der Waals surface area contributed by atoms with Crippen LogP contribution in [0.4, 0.5) is 0 Å². The molecule has 3 fully saturated rings. The number of nitrogens with two attached hydrogens (primary N) is 1. The standard InChI is InChI=1S/C18H33N/c1-13-5-4-8-16(11-13)18(19)17-10-9-14-6-2-3-7-15(14)12-17/h13-18H,2-12,19H2,1H3. The van der Waals surface area contributed by atoms with E-state index in [-0.39, 0.29) is 0 Å². The zero-order chi connectivity index (χ0) is 13.2. The lowest BCUT2D eigenvalue weighted by atomic mass is 9.63. The van der Waals surface area contributed by atoms with Gasteiger partial charge in [0.2, 0.25) is 0 Å². The Kier molecular flexibility index (Phi) is 4.51. The first kappa shape index (κ1) is 13.9. The molecular formula is C18H33N. The Morgan fingerprint density at radius 1 is 0.737 bits per heavy atom. The van der Waals surface area contributed by atoms with Gasteiger partial charge >= 0.3 is 0 Å². The topological polar surface area (TPSA) is 26.0 Å². The number of fused-ring (bicyclic) bond motifs is 1. The molecule has 6 unspecified atom stereocenters. The van der Waals surface area contributed by atoms with E-state index in [9.17, 15) is 0 Å². The molecule has 0 aromatic rings. The highest BCUT2D eigenvalue weighted by Gasteiger charge is 2.37. The summed E-state index contributed by atoms with van der Waals surface area (Å²) in [5, 5.41) is 0. The average Bonchev–Trinajstić information content (AvgIpc) is 2.46. The first-order valence-corrected chi connectivity index (χ1v) is 8.99. The maximum atomic E-state index is 6.71. The summed E-state index contributed by atoms with van der Waals surface area (Å²) < 4.78 is 0. The van der Waals surface area contributed by atoms with Gasteiger partial charge in [0.15, 0.2) is 0 Å². The molecule has 0 heterocycles. The fraction of sp³-hybridized carbons (Fsp3) is 1.00. The van der Waals surface area contributed by atoms with Gasteiger partial charge in [0.25, 0.3) is 0 Å². The molecular weight excluding hydrogens is 230 g/mol. The first-order valence-electron chi connectivity index (χ1n) is 8.99. The van der Waals surface area contributed by atoms with E-state index in [4.69, 9.17) is 5.73 Å². The van der Waals surface area contributed by atoms with E-state index in [1.807, 2.05) is 0 Å². The van der Waals surface area contributed by atoms with Crippen LogP contribution in [-0.2, 0) is 0 Å². The van der Waals surface area contributed by atoms with Crippen molar-refractivity contribution in [2.75, 3.05) is 0 Å². The van der Waals surface area contributed by atoms with Crippen LogP contribution in [0.2, 0.25) is 0 Å². The molecule has 1 heteroatoms. The minimum Gasteiger partial charge on any atom is -0.327 e. The van der Waals surface area contributed by atoms with Crippen LogP contribution in [0, 0.1) is 29.6 Å². The second-order valence-corrected chi connectivity index (χ2v) is 7.99. The Morgan fingerprint density at radius 3 is 2.26 bits per heavy atom. The van der Waals surface area contributed by atoms with Crippen LogP contribution >= 0.6 is 0 Å². The molecule has 0 saturated heterocycles. The van der Waals surface area contributed by atoms with Crippen molar-refractivity contribution in [3.8, 4) is 0 Å². The Balaban J connectivity index is 1.56. The van der Waals surface area contributed by atoms with Crippen molar-refractivity contribution in [3.05, 3.63) is 0 Å². The van der Waals surface area contributed by atoms with E-state index in [1.165, 1.54) is 70.6 Å². The van der Waals surface area contributed by atoms with Crippen LogP contribution in [0.15, 0.2) is 0 Å². The maximum absolute atomic E-state index is 6.71. The van der Waals surface area contributed by atoms with Crippen molar-refractivity contribution in [1.82, 2.24) is 0 Å². The van der Waals surface area contributed by atoms with E-state index < -0.39 is 0 Å². The van der Waals surface area contributed by atoms with Crippen LogP contribution < -0.4 is 5.73 Å². The fourth-order valence-electron chi connectivity index (χ4n) is 5.47. The second kappa shape index (κ2) is 6.16. The average molecular weight is 263 g/mol. The molecule has 0 aromatic carbocycles. The fourth-order valence-corrected chi connectivity index (χ4v) is 5.47. The van der Waals surface area contributed by atoms with Gasteiger partial charge in [-0.2, -0.15) is 0 Å². The Hall–Kier alpha value is -0.0400. The zero-order valence-corrected chi connectivity index (χ0v) is 12.8. The van der Waals surface area contributed by atoms with E-state index in [0.29, 0.717) is 6.04 Å². The molecule has 0 bridgehead atoms. The lowest BCUT2D eigenvalue weighted by molar-refractivity contribution is 0.0923. The normalized spacial score (nSPS) is 45.5. The molecule has 19 heavy (non-hydrogen) atoms. The Labute approximate surface area is 119 Å². The van der Waals surface area contributed by atoms with Gasteiger partial charge < -0.3 is 5.73 Å². The summed E-state index contributed by atoms with van der Waals surface area (Å²) in [7, 11) is 0. The Bertz CT molecular complexity index is 287. The van der Waals surface area contributed by atoms with Crippen molar-refractivity contribution in [2.24, 2.45) is 35.3 Å². The van der Waals surface area contributed by atoms with Gasteiger partial charge in [-0.3, -0.25) is 0 Å². The molecule has 0 aromatic heterocycles. The zero-order valence-electron chi connectivity index (χ0n) is 12.8. The van der Waals surface area contributed by atoms with Crippen molar-refractivity contribution >= 4 is 0 Å². The monoisotopic (exact) mass is 263 g/mol. The minimum atomic E-state index is 0.519. The summed E-state index contributed by atoms with van der Waals surface area (Å²) in [6.07, 6.45) is 16.1. The third-order valence-corrected chi connectivity index (χ3v) is 6.65.